The molecule has 2 rings (SSSR count). The lowest BCUT2D eigenvalue weighted by Gasteiger charge is -2.09. The number of benzene rings is 1. The second-order valence-corrected chi connectivity index (χ2v) is 4.81. The van der Waals surface area contributed by atoms with E-state index in [2.05, 4.69) is 5.32 Å². The van der Waals surface area contributed by atoms with Crippen molar-refractivity contribution < 1.29 is 9.53 Å². The number of nitrogens with zero attached hydrogens (tertiary/aromatic N) is 1. The Morgan fingerprint density at radius 3 is 2.90 bits per heavy atom. The fourth-order valence-corrected chi connectivity index (χ4v) is 2.09. The SMILES string of the molecule is N#C/C(=C/C=C\c1ccccc1)C(=O)NC[C@@H]1CCCO1. The van der Waals surface area contributed by atoms with E-state index in [1.165, 1.54) is 6.08 Å². The van der Waals surface area contributed by atoms with Crippen LogP contribution in [0.15, 0.2) is 48.1 Å². The van der Waals surface area contributed by atoms with Gasteiger partial charge in [-0.25, -0.2) is 0 Å². The van der Waals surface area contributed by atoms with E-state index in [1.54, 1.807) is 6.08 Å². The minimum absolute atomic E-state index is 0.0775. The third-order valence-electron chi connectivity index (χ3n) is 3.23. The summed E-state index contributed by atoms with van der Waals surface area (Å²) in [6, 6.07) is 11.6. The van der Waals surface area contributed by atoms with Gasteiger partial charge in [-0.1, -0.05) is 42.5 Å². The summed E-state index contributed by atoms with van der Waals surface area (Å²) in [5, 5.41) is 11.8. The zero-order valence-electron chi connectivity index (χ0n) is 11.8. The first-order chi connectivity index (χ1) is 10.3. The van der Waals surface area contributed by atoms with Crippen LogP contribution in [-0.2, 0) is 9.53 Å². The summed E-state index contributed by atoms with van der Waals surface area (Å²) in [7, 11) is 0. The molecule has 0 radical (unpaired) electrons. The maximum Gasteiger partial charge on any atom is 0.262 e. The van der Waals surface area contributed by atoms with Gasteiger partial charge < -0.3 is 10.1 Å². The number of carbonyl (C=O) groups is 1. The molecule has 1 fully saturated rings. The van der Waals surface area contributed by atoms with Gasteiger partial charge in [0.25, 0.3) is 5.91 Å². The van der Waals surface area contributed by atoms with Crippen LogP contribution >= 0.6 is 0 Å². The highest BCUT2D eigenvalue weighted by atomic mass is 16.5. The Bertz CT molecular complexity index is 564. The van der Waals surface area contributed by atoms with Gasteiger partial charge >= 0.3 is 0 Å². The topological polar surface area (TPSA) is 62.1 Å². The van der Waals surface area contributed by atoms with Crippen LogP contribution in [0.3, 0.4) is 0 Å². The summed E-state index contributed by atoms with van der Waals surface area (Å²) in [5.41, 5.74) is 1.12. The number of allylic oxidation sites excluding steroid dienone is 2. The number of hydrogen-bond acceptors (Lipinski definition) is 3. The van der Waals surface area contributed by atoms with Crippen LogP contribution < -0.4 is 5.32 Å². The van der Waals surface area contributed by atoms with E-state index >= 15 is 0 Å². The van der Waals surface area contributed by atoms with Gasteiger partial charge in [0.15, 0.2) is 0 Å². The summed E-state index contributed by atoms with van der Waals surface area (Å²) in [5.74, 6) is -0.356. The minimum Gasteiger partial charge on any atom is -0.376 e. The molecule has 0 bridgehead atoms. The van der Waals surface area contributed by atoms with Crippen LogP contribution in [0.2, 0.25) is 0 Å². The summed E-state index contributed by atoms with van der Waals surface area (Å²) < 4.78 is 5.42. The van der Waals surface area contributed by atoms with Crippen LogP contribution in [0, 0.1) is 11.3 Å². The molecule has 0 aromatic heterocycles. The number of nitriles is 1. The van der Waals surface area contributed by atoms with Crippen molar-refractivity contribution in [1.29, 1.82) is 5.26 Å². The Kier molecular flexibility index (Phi) is 5.74. The summed E-state index contributed by atoms with van der Waals surface area (Å²) in [6.45, 7) is 1.21. The van der Waals surface area contributed by atoms with Crippen molar-refractivity contribution in [1.82, 2.24) is 5.32 Å². The van der Waals surface area contributed by atoms with Gasteiger partial charge in [-0.3, -0.25) is 4.79 Å². The van der Waals surface area contributed by atoms with Gasteiger partial charge in [-0.15, -0.1) is 0 Å². The normalized spacial score (nSPS) is 18.6. The Labute approximate surface area is 124 Å². The molecule has 0 aliphatic carbocycles. The number of nitrogens with one attached hydrogen (secondary N) is 1. The van der Waals surface area contributed by atoms with Gasteiger partial charge in [0.2, 0.25) is 0 Å². The first kappa shape index (κ1) is 15.0. The Morgan fingerprint density at radius 1 is 1.43 bits per heavy atom. The highest BCUT2D eigenvalue weighted by Crippen LogP contribution is 2.10. The molecule has 4 heteroatoms. The van der Waals surface area contributed by atoms with Gasteiger partial charge in [0.1, 0.15) is 11.6 Å². The van der Waals surface area contributed by atoms with Crippen molar-refractivity contribution in [2.24, 2.45) is 0 Å². The molecule has 4 nitrogen and oxygen atoms in total. The lowest BCUT2D eigenvalue weighted by atomic mass is 10.2. The van der Waals surface area contributed by atoms with Gasteiger partial charge in [0.05, 0.1) is 6.10 Å². The molecular formula is C17H18N2O2. The molecule has 1 aromatic rings. The molecule has 1 aliphatic rings. The van der Waals surface area contributed by atoms with E-state index in [4.69, 9.17) is 10.00 Å². The molecule has 0 unspecified atom stereocenters. The summed E-state index contributed by atoms with van der Waals surface area (Å²) >= 11 is 0. The van der Waals surface area contributed by atoms with E-state index in [0.29, 0.717) is 6.54 Å². The number of hydrogen-bond donors (Lipinski definition) is 1. The molecule has 0 spiro atoms. The van der Waals surface area contributed by atoms with E-state index < -0.39 is 0 Å². The van der Waals surface area contributed by atoms with E-state index in [0.717, 1.165) is 25.0 Å². The highest BCUT2D eigenvalue weighted by molar-refractivity contribution is 5.97. The summed E-state index contributed by atoms with van der Waals surface area (Å²) in [6.07, 6.45) is 7.15. The lowest BCUT2D eigenvalue weighted by molar-refractivity contribution is -0.117. The molecule has 0 saturated carbocycles. The standard InChI is InChI=1S/C17H18N2O2/c18-12-15(9-4-8-14-6-2-1-3-7-14)17(20)19-13-16-10-5-11-21-16/h1-4,6-9,16H,5,10-11,13H2,(H,19,20)/b8-4-,15-9-/t16-/m0/s1. The molecule has 1 aliphatic heterocycles. The van der Waals surface area contributed by atoms with Crippen molar-refractivity contribution in [3.8, 4) is 6.07 Å². The second kappa shape index (κ2) is 8.03. The molecule has 1 N–H and O–H groups in total. The average Bonchev–Trinajstić information content (AvgIpc) is 3.04. The maximum atomic E-state index is 11.9. The zero-order chi connectivity index (χ0) is 14.9. The fraction of sp³-hybridized carbons (Fsp3) is 0.294. The average molecular weight is 282 g/mol. The fourth-order valence-electron chi connectivity index (χ4n) is 2.09. The molecule has 1 aromatic carbocycles. The Morgan fingerprint density at radius 2 is 2.24 bits per heavy atom. The van der Waals surface area contributed by atoms with E-state index in [-0.39, 0.29) is 17.6 Å². The third-order valence-corrected chi connectivity index (χ3v) is 3.23. The van der Waals surface area contributed by atoms with Crippen LogP contribution in [0.5, 0.6) is 0 Å². The number of carbonyl (C=O) groups excluding carboxylic acids is 1. The molecular weight excluding hydrogens is 264 g/mol. The second-order valence-electron chi connectivity index (χ2n) is 4.81. The van der Waals surface area contributed by atoms with Crippen molar-refractivity contribution >= 4 is 12.0 Å². The highest BCUT2D eigenvalue weighted by Gasteiger charge is 2.17. The van der Waals surface area contributed by atoms with Gasteiger partial charge in [-0.05, 0) is 24.5 Å². The van der Waals surface area contributed by atoms with Crippen molar-refractivity contribution in [3.63, 3.8) is 0 Å². The molecule has 1 heterocycles. The van der Waals surface area contributed by atoms with Crippen LogP contribution in [0.4, 0.5) is 0 Å². The smallest absolute Gasteiger partial charge is 0.262 e. The minimum atomic E-state index is -0.356. The van der Waals surface area contributed by atoms with Crippen LogP contribution in [0.1, 0.15) is 18.4 Å². The predicted molar refractivity (Wildman–Crippen MR) is 81.2 cm³/mol. The largest absolute Gasteiger partial charge is 0.376 e. The Balaban J connectivity index is 1.88. The van der Waals surface area contributed by atoms with E-state index in [1.807, 2.05) is 42.5 Å². The molecule has 108 valence electrons. The molecule has 1 atom stereocenters. The number of rotatable bonds is 5. The third kappa shape index (κ3) is 4.90. The van der Waals surface area contributed by atoms with Crippen molar-refractivity contribution in [2.45, 2.75) is 18.9 Å². The Hall–Kier alpha value is -2.38. The first-order valence-corrected chi connectivity index (χ1v) is 7.03. The van der Waals surface area contributed by atoms with Crippen LogP contribution in [-0.4, -0.2) is 25.2 Å². The van der Waals surface area contributed by atoms with Gasteiger partial charge in [-0.2, -0.15) is 5.26 Å². The number of amides is 1. The van der Waals surface area contributed by atoms with Crippen molar-refractivity contribution in [3.05, 3.63) is 53.6 Å². The molecule has 1 saturated heterocycles. The number of ether oxygens (including phenoxy) is 1. The van der Waals surface area contributed by atoms with E-state index in [9.17, 15) is 4.79 Å². The monoisotopic (exact) mass is 282 g/mol. The quantitative estimate of drug-likeness (QED) is 0.512. The van der Waals surface area contributed by atoms with Crippen LogP contribution in [0.25, 0.3) is 6.08 Å². The molecule has 1 amide bonds. The maximum absolute atomic E-state index is 11.9. The van der Waals surface area contributed by atoms with Gasteiger partial charge in [0, 0.05) is 13.2 Å². The lowest BCUT2D eigenvalue weighted by Crippen LogP contribution is -2.32. The summed E-state index contributed by atoms with van der Waals surface area (Å²) in [4.78, 5) is 11.9. The first-order valence-electron chi connectivity index (χ1n) is 7.03. The molecule has 21 heavy (non-hydrogen) atoms. The predicted octanol–water partition coefficient (Wildman–Crippen LogP) is 2.44. The zero-order valence-corrected chi connectivity index (χ0v) is 11.8. The van der Waals surface area contributed by atoms with Crippen molar-refractivity contribution in [2.75, 3.05) is 13.2 Å².